The molecular weight excluding hydrogens is 423 g/mol. The second-order valence-electron chi connectivity index (χ2n) is 8.59. The van der Waals surface area contributed by atoms with Gasteiger partial charge in [-0.15, -0.1) is 0 Å². The zero-order valence-corrected chi connectivity index (χ0v) is 18.7. The Bertz CT molecular complexity index is 1160. The van der Waals surface area contributed by atoms with Gasteiger partial charge in [-0.3, -0.25) is 9.69 Å². The number of nitrogens with zero attached hydrogens (tertiary/aromatic N) is 2. The summed E-state index contributed by atoms with van der Waals surface area (Å²) >= 11 is 0. The number of hydrogen-bond donors (Lipinski definition) is 1. The predicted molar refractivity (Wildman–Crippen MR) is 124 cm³/mol. The molecule has 33 heavy (non-hydrogen) atoms. The Labute approximate surface area is 192 Å². The number of amides is 1. The zero-order chi connectivity index (χ0) is 23.5. The van der Waals surface area contributed by atoms with Crippen molar-refractivity contribution in [1.29, 1.82) is 0 Å². The molecule has 1 aliphatic heterocycles. The molecule has 1 aliphatic rings. The van der Waals surface area contributed by atoms with Gasteiger partial charge in [-0.25, -0.2) is 9.18 Å². The lowest BCUT2D eigenvalue weighted by Crippen LogP contribution is -2.58. The van der Waals surface area contributed by atoms with Crippen LogP contribution < -0.4 is 4.74 Å². The van der Waals surface area contributed by atoms with Crippen LogP contribution in [0, 0.1) is 5.82 Å². The molecule has 172 valence electrons. The maximum Gasteiger partial charge on any atom is 0.339 e. The van der Waals surface area contributed by atoms with Crippen LogP contribution in [-0.2, 0) is 11.3 Å². The molecular formula is C26H27FN2O4. The molecule has 1 heterocycles. The molecule has 2 atom stereocenters. The van der Waals surface area contributed by atoms with Gasteiger partial charge in [0, 0.05) is 31.7 Å². The fraction of sp³-hybridized carbons (Fsp3) is 0.308. The summed E-state index contributed by atoms with van der Waals surface area (Å²) in [6.45, 7) is 5.72. The average Bonchev–Trinajstić information content (AvgIpc) is 2.80. The molecule has 0 spiro atoms. The standard InChI is InChI=1S/C26H27FN2O4/c1-17-14-29(18(2)13-28(17)15-19-7-9-22(27)10-8-19)25(30)16-33-24-12-21-6-4-3-5-20(21)11-23(24)26(31)32/h3-12,17-18H,13-16H2,1-2H3,(H,31,32)/t17-,18+/m1/s1. The number of halogens is 1. The van der Waals surface area contributed by atoms with E-state index in [-0.39, 0.29) is 41.7 Å². The van der Waals surface area contributed by atoms with Crippen LogP contribution in [0.5, 0.6) is 5.75 Å². The van der Waals surface area contributed by atoms with Gasteiger partial charge in [0.25, 0.3) is 5.91 Å². The smallest absolute Gasteiger partial charge is 0.339 e. The van der Waals surface area contributed by atoms with Gasteiger partial charge in [0.05, 0.1) is 0 Å². The summed E-state index contributed by atoms with van der Waals surface area (Å²) in [7, 11) is 0. The largest absolute Gasteiger partial charge is 0.483 e. The number of carboxylic acids is 1. The quantitative estimate of drug-likeness (QED) is 0.610. The van der Waals surface area contributed by atoms with Crippen LogP contribution in [0.25, 0.3) is 10.8 Å². The first-order valence-electron chi connectivity index (χ1n) is 11.0. The van der Waals surface area contributed by atoms with E-state index in [0.717, 1.165) is 16.3 Å². The van der Waals surface area contributed by atoms with Crippen LogP contribution in [0.15, 0.2) is 60.7 Å². The molecule has 7 heteroatoms. The second-order valence-corrected chi connectivity index (χ2v) is 8.59. The van der Waals surface area contributed by atoms with Gasteiger partial charge in [0.15, 0.2) is 6.61 Å². The summed E-state index contributed by atoms with van der Waals surface area (Å²) in [6, 6.07) is 17.2. The van der Waals surface area contributed by atoms with Crippen LogP contribution in [0.1, 0.15) is 29.8 Å². The third kappa shape index (κ3) is 5.14. The van der Waals surface area contributed by atoms with E-state index in [9.17, 15) is 19.1 Å². The first-order valence-corrected chi connectivity index (χ1v) is 11.0. The van der Waals surface area contributed by atoms with E-state index < -0.39 is 5.97 Å². The highest BCUT2D eigenvalue weighted by molar-refractivity contribution is 5.97. The van der Waals surface area contributed by atoms with Crippen molar-refractivity contribution in [3.05, 3.63) is 77.6 Å². The van der Waals surface area contributed by atoms with Crippen molar-refractivity contribution in [1.82, 2.24) is 9.80 Å². The molecule has 0 saturated carbocycles. The van der Waals surface area contributed by atoms with Crippen molar-refractivity contribution in [2.75, 3.05) is 19.7 Å². The van der Waals surface area contributed by atoms with Gasteiger partial charge in [-0.05, 0) is 54.4 Å². The Balaban J connectivity index is 1.41. The van der Waals surface area contributed by atoms with E-state index in [1.165, 1.54) is 12.1 Å². The maximum atomic E-state index is 13.2. The number of carboxylic acid groups (broad SMARTS) is 1. The van der Waals surface area contributed by atoms with Gasteiger partial charge in [0.2, 0.25) is 0 Å². The summed E-state index contributed by atoms with van der Waals surface area (Å²) in [5.74, 6) is -1.35. The molecule has 1 saturated heterocycles. The normalized spacial score (nSPS) is 18.9. The molecule has 4 rings (SSSR count). The predicted octanol–water partition coefficient (Wildman–Crippen LogP) is 4.18. The van der Waals surface area contributed by atoms with Gasteiger partial charge >= 0.3 is 5.97 Å². The van der Waals surface area contributed by atoms with E-state index in [0.29, 0.717) is 19.6 Å². The first-order chi connectivity index (χ1) is 15.8. The average molecular weight is 451 g/mol. The molecule has 0 unspecified atom stereocenters. The highest BCUT2D eigenvalue weighted by Gasteiger charge is 2.32. The summed E-state index contributed by atoms with van der Waals surface area (Å²) in [6.07, 6.45) is 0. The Morgan fingerprint density at radius 2 is 1.67 bits per heavy atom. The topological polar surface area (TPSA) is 70.1 Å². The van der Waals surface area contributed by atoms with Crippen LogP contribution in [0.2, 0.25) is 0 Å². The number of ether oxygens (including phenoxy) is 1. The van der Waals surface area contributed by atoms with E-state index in [2.05, 4.69) is 11.8 Å². The van der Waals surface area contributed by atoms with Crippen molar-refractivity contribution in [3.8, 4) is 5.75 Å². The van der Waals surface area contributed by atoms with E-state index in [4.69, 9.17) is 4.74 Å². The lowest BCUT2D eigenvalue weighted by Gasteiger charge is -2.44. The number of fused-ring (bicyclic) bond motifs is 1. The van der Waals surface area contributed by atoms with Crippen LogP contribution >= 0.6 is 0 Å². The lowest BCUT2D eigenvalue weighted by molar-refractivity contribution is -0.139. The highest BCUT2D eigenvalue weighted by Crippen LogP contribution is 2.27. The van der Waals surface area contributed by atoms with Gasteiger partial charge in [-0.2, -0.15) is 0 Å². The highest BCUT2D eigenvalue weighted by atomic mass is 19.1. The van der Waals surface area contributed by atoms with Crippen molar-refractivity contribution in [2.24, 2.45) is 0 Å². The number of hydrogen-bond acceptors (Lipinski definition) is 4. The molecule has 6 nitrogen and oxygen atoms in total. The molecule has 1 fully saturated rings. The number of aromatic carboxylic acids is 1. The summed E-state index contributed by atoms with van der Waals surface area (Å²) < 4.78 is 18.9. The van der Waals surface area contributed by atoms with Crippen LogP contribution in [-0.4, -0.2) is 58.6 Å². The third-order valence-corrected chi connectivity index (χ3v) is 6.16. The number of benzene rings is 3. The maximum absolute atomic E-state index is 13.2. The Morgan fingerprint density at radius 3 is 2.33 bits per heavy atom. The van der Waals surface area contributed by atoms with E-state index >= 15 is 0 Å². The minimum atomic E-state index is -1.10. The summed E-state index contributed by atoms with van der Waals surface area (Å²) in [5, 5.41) is 11.2. The molecule has 0 aliphatic carbocycles. The van der Waals surface area contributed by atoms with Crippen LogP contribution in [0.3, 0.4) is 0 Å². The summed E-state index contributed by atoms with van der Waals surface area (Å²) in [4.78, 5) is 28.7. The molecule has 1 N–H and O–H groups in total. The fourth-order valence-electron chi connectivity index (χ4n) is 4.32. The number of carbonyl (C=O) groups is 2. The number of carbonyl (C=O) groups excluding carboxylic acids is 1. The number of piperazine rings is 1. The van der Waals surface area contributed by atoms with Gasteiger partial charge in [0.1, 0.15) is 17.1 Å². The summed E-state index contributed by atoms with van der Waals surface area (Å²) in [5.41, 5.74) is 1.06. The Kier molecular flexibility index (Phi) is 6.60. The van der Waals surface area contributed by atoms with E-state index in [1.807, 2.05) is 31.2 Å². The van der Waals surface area contributed by atoms with Gasteiger partial charge in [-0.1, -0.05) is 36.4 Å². The molecule has 3 aromatic carbocycles. The van der Waals surface area contributed by atoms with Gasteiger partial charge < -0.3 is 14.7 Å². The molecule has 3 aromatic rings. The SMILES string of the molecule is C[C@@H]1CN(C(=O)COc2cc3ccccc3cc2C(=O)O)[C@@H](C)CN1Cc1ccc(F)cc1. The molecule has 0 radical (unpaired) electrons. The Morgan fingerprint density at radius 1 is 1.00 bits per heavy atom. The van der Waals surface area contributed by atoms with Crippen molar-refractivity contribution < 1.29 is 23.8 Å². The van der Waals surface area contributed by atoms with Crippen molar-refractivity contribution >= 4 is 22.6 Å². The number of rotatable bonds is 6. The minimum Gasteiger partial charge on any atom is -0.483 e. The van der Waals surface area contributed by atoms with Crippen molar-refractivity contribution in [2.45, 2.75) is 32.5 Å². The first kappa shape index (κ1) is 22.7. The minimum absolute atomic E-state index is 0.0340. The third-order valence-electron chi connectivity index (χ3n) is 6.16. The second kappa shape index (κ2) is 9.58. The molecule has 0 aromatic heterocycles. The zero-order valence-electron chi connectivity index (χ0n) is 18.7. The lowest BCUT2D eigenvalue weighted by atomic mass is 10.1. The van der Waals surface area contributed by atoms with Crippen LogP contribution in [0.4, 0.5) is 4.39 Å². The van der Waals surface area contributed by atoms with E-state index in [1.54, 1.807) is 29.2 Å². The molecule has 1 amide bonds. The Hall–Kier alpha value is -3.45. The van der Waals surface area contributed by atoms with Crippen molar-refractivity contribution in [3.63, 3.8) is 0 Å². The monoisotopic (exact) mass is 450 g/mol. The molecule has 0 bridgehead atoms. The fourth-order valence-corrected chi connectivity index (χ4v) is 4.32.